The number of hydrogen-bond donors (Lipinski definition) is 2. The van der Waals surface area contributed by atoms with Gasteiger partial charge in [-0.25, -0.2) is 0 Å². The molecule has 1 aromatic rings. The lowest BCUT2D eigenvalue weighted by molar-refractivity contribution is 0.0923. The highest BCUT2D eigenvalue weighted by Crippen LogP contribution is 2.23. The molecule has 2 N–H and O–H groups in total. The van der Waals surface area contributed by atoms with Crippen molar-refractivity contribution in [3.63, 3.8) is 0 Å². The Morgan fingerprint density at radius 2 is 2.20 bits per heavy atom. The van der Waals surface area contributed by atoms with Crippen LogP contribution in [-0.2, 0) is 0 Å². The molecule has 0 aromatic carbocycles. The van der Waals surface area contributed by atoms with Crippen LogP contribution in [0.25, 0.3) is 0 Å². The topological polar surface area (TPSA) is 57.8 Å². The van der Waals surface area contributed by atoms with Crippen LogP contribution in [0.5, 0.6) is 0 Å². The summed E-state index contributed by atoms with van der Waals surface area (Å²) in [5, 5.41) is 9.45. The smallest absolute Gasteiger partial charge is 0.254 e. The van der Waals surface area contributed by atoms with Crippen LogP contribution in [0.2, 0.25) is 0 Å². The molecule has 0 unspecified atom stereocenters. The minimum atomic E-state index is -0.0108. The number of rotatable bonds is 2. The van der Waals surface area contributed by atoms with Crippen LogP contribution in [-0.4, -0.2) is 22.1 Å². The van der Waals surface area contributed by atoms with Gasteiger partial charge in [0.1, 0.15) is 0 Å². The maximum absolute atomic E-state index is 11.7. The Morgan fingerprint density at radius 1 is 1.47 bits per heavy atom. The summed E-state index contributed by atoms with van der Waals surface area (Å²) in [5.41, 5.74) is 0.619. The van der Waals surface area contributed by atoms with Crippen molar-refractivity contribution in [1.82, 2.24) is 15.5 Å². The Labute approximate surface area is 89.5 Å². The van der Waals surface area contributed by atoms with Gasteiger partial charge >= 0.3 is 0 Å². The molecule has 1 amide bonds. The molecule has 1 aliphatic carbocycles. The summed E-state index contributed by atoms with van der Waals surface area (Å²) in [4.78, 5) is 11.7. The number of amides is 1. The molecule has 0 radical (unpaired) electrons. The quantitative estimate of drug-likeness (QED) is 0.775. The van der Waals surface area contributed by atoms with Gasteiger partial charge in [0.25, 0.3) is 5.91 Å². The highest BCUT2D eigenvalue weighted by Gasteiger charge is 2.20. The second-order valence-electron chi connectivity index (χ2n) is 4.42. The summed E-state index contributed by atoms with van der Waals surface area (Å²) in [6, 6.07) is 0.351. The van der Waals surface area contributed by atoms with Crippen molar-refractivity contribution < 1.29 is 4.79 Å². The van der Waals surface area contributed by atoms with E-state index in [1.165, 1.54) is 12.8 Å². The van der Waals surface area contributed by atoms with E-state index in [1.807, 2.05) is 0 Å². The van der Waals surface area contributed by atoms with Gasteiger partial charge in [-0.1, -0.05) is 6.92 Å². The third-order valence-corrected chi connectivity index (χ3v) is 3.11. The molecule has 0 atom stereocenters. The Bertz CT molecular complexity index is 313. The molecular weight excluding hydrogens is 190 g/mol. The summed E-state index contributed by atoms with van der Waals surface area (Å²) in [6.07, 6.45) is 7.82. The summed E-state index contributed by atoms with van der Waals surface area (Å²) in [7, 11) is 0. The Hall–Kier alpha value is -1.32. The number of carbonyl (C=O) groups is 1. The molecule has 15 heavy (non-hydrogen) atoms. The molecular formula is C11H17N3O. The van der Waals surface area contributed by atoms with E-state index in [4.69, 9.17) is 0 Å². The second-order valence-corrected chi connectivity index (χ2v) is 4.42. The summed E-state index contributed by atoms with van der Waals surface area (Å²) < 4.78 is 0. The number of H-pyrrole nitrogens is 1. The van der Waals surface area contributed by atoms with Crippen LogP contribution in [0.3, 0.4) is 0 Å². The number of aromatic amines is 1. The van der Waals surface area contributed by atoms with Crippen molar-refractivity contribution >= 4 is 5.91 Å². The van der Waals surface area contributed by atoms with Gasteiger partial charge in [0, 0.05) is 12.2 Å². The Kier molecular flexibility index (Phi) is 3.04. The van der Waals surface area contributed by atoms with E-state index in [1.54, 1.807) is 12.4 Å². The number of nitrogens with zero attached hydrogens (tertiary/aromatic N) is 1. The van der Waals surface area contributed by atoms with Crippen LogP contribution in [0.4, 0.5) is 0 Å². The van der Waals surface area contributed by atoms with E-state index < -0.39 is 0 Å². The van der Waals surface area contributed by atoms with Crippen molar-refractivity contribution in [2.24, 2.45) is 5.92 Å². The van der Waals surface area contributed by atoms with Crippen molar-refractivity contribution in [2.75, 3.05) is 0 Å². The fraction of sp³-hybridized carbons (Fsp3) is 0.636. The first-order valence-electron chi connectivity index (χ1n) is 5.55. The molecule has 0 saturated heterocycles. The van der Waals surface area contributed by atoms with Gasteiger partial charge in [0.2, 0.25) is 0 Å². The highest BCUT2D eigenvalue weighted by atomic mass is 16.1. The first-order chi connectivity index (χ1) is 7.25. The molecule has 0 bridgehead atoms. The minimum Gasteiger partial charge on any atom is -0.349 e. The Balaban J connectivity index is 1.85. The lowest BCUT2D eigenvalue weighted by Gasteiger charge is -2.26. The van der Waals surface area contributed by atoms with Crippen LogP contribution in [0.15, 0.2) is 12.4 Å². The van der Waals surface area contributed by atoms with E-state index in [9.17, 15) is 4.79 Å². The Morgan fingerprint density at radius 3 is 2.80 bits per heavy atom. The van der Waals surface area contributed by atoms with E-state index >= 15 is 0 Å². The zero-order chi connectivity index (χ0) is 10.7. The molecule has 82 valence electrons. The van der Waals surface area contributed by atoms with E-state index in [0.29, 0.717) is 11.6 Å². The highest BCUT2D eigenvalue weighted by molar-refractivity contribution is 5.93. The summed E-state index contributed by atoms with van der Waals surface area (Å²) in [6.45, 7) is 2.27. The van der Waals surface area contributed by atoms with Gasteiger partial charge in [-0.2, -0.15) is 5.10 Å². The van der Waals surface area contributed by atoms with Crippen molar-refractivity contribution in [3.8, 4) is 0 Å². The lowest BCUT2D eigenvalue weighted by atomic mass is 9.87. The third-order valence-electron chi connectivity index (χ3n) is 3.11. The molecule has 1 aromatic heterocycles. The summed E-state index contributed by atoms with van der Waals surface area (Å²) >= 11 is 0. The monoisotopic (exact) mass is 207 g/mol. The standard InChI is InChI=1S/C11H17N3O/c1-8-2-4-10(5-3-8)14-11(15)9-6-12-13-7-9/h6-8,10H,2-5H2,1H3,(H,12,13)(H,14,15). The average molecular weight is 207 g/mol. The molecule has 2 rings (SSSR count). The zero-order valence-electron chi connectivity index (χ0n) is 8.99. The molecule has 0 aliphatic heterocycles. The molecule has 0 spiro atoms. The largest absolute Gasteiger partial charge is 0.349 e. The average Bonchev–Trinajstić information content (AvgIpc) is 2.74. The summed E-state index contributed by atoms with van der Waals surface area (Å²) in [5.74, 6) is 0.801. The normalized spacial score (nSPS) is 26.2. The molecule has 4 nitrogen and oxygen atoms in total. The van der Waals surface area contributed by atoms with Gasteiger partial charge < -0.3 is 5.32 Å². The van der Waals surface area contributed by atoms with Gasteiger partial charge in [-0.05, 0) is 31.6 Å². The SMILES string of the molecule is CC1CCC(NC(=O)c2cn[nH]c2)CC1. The van der Waals surface area contributed by atoms with Gasteiger partial charge in [-0.3, -0.25) is 9.89 Å². The number of carbonyl (C=O) groups excluding carboxylic acids is 1. The lowest BCUT2D eigenvalue weighted by Crippen LogP contribution is -2.37. The molecule has 1 fully saturated rings. The van der Waals surface area contributed by atoms with Crippen molar-refractivity contribution in [2.45, 2.75) is 38.6 Å². The van der Waals surface area contributed by atoms with Crippen LogP contribution in [0.1, 0.15) is 43.0 Å². The number of aromatic nitrogens is 2. The third kappa shape index (κ3) is 2.58. The van der Waals surface area contributed by atoms with Crippen LogP contribution < -0.4 is 5.32 Å². The first kappa shape index (κ1) is 10.2. The predicted octanol–water partition coefficient (Wildman–Crippen LogP) is 1.72. The predicted molar refractivity (Wildman–Crippen MR) is 57.5 cm³/mol. The minimum absolute atomic E-state index is 0.0108. The van der Waals surface area contributed by atoms with E-state index in [0.717, 1.165) is 18.8 Å². The van der Waals surface area contributed by atoms with E-state index in [2.05, 4.69) is 22.4 Å². The maximum Gasteiger partial charge on any atom is 0.254 e. The molecule has 4 heteroatoms. The number of nitrogens with one attached hydrogen (secondary N) is 2. The van der Waals surface area contributed by atoms with Crippen LogP contribution >= 0.6 is 0 Å². The zero-order valence-corrected chi connectivity index (χ0v) is 8.99. The van der Waals surface area contributed by atoms with Gasteiger partial charge in [0.15, 0.2) is 0 Å². The molecule has 1 aliphatic rings. The molecule has 1 heterocycles. The molecule has 1 saturated carbocycles. The van der Waals surface area contributed by atoms with Crippen LogP contribution in [0, 0.1) is 5.92 Å². The number of hydrogen-bond acceptors (Lipinski definition) is 2. The first-order valence-corrected chi connectivity index (χ1v) is 5.55. The second kappa shape index (κ2) is 4.47. The van der Waals surface area contributed by atoms with Crippen molar-refractivity contribution in [3.05, 3.63) is 18.0 Å². The maximum atomic E-state index is 11.7. The van der Waals surface area contributed by atoms with E-state index in [-0.39, 0.29) is 5.91 Å². The van der Waals surface area contributed by atoms with Gasteiger partial charge in [0.05, 0.1) is 11.8 Å². The van der Waals surface area contributed by atoms with Gasteiger partial charge in [-0.15, -0.1) is 0 Å². The fourth-order valence-electron chi connectivity index (χ4n) is 2.05. The van der Waals surface area contributed by atoms with Crippen molar-refractivity contribution in [1.29, 1.82) is 0 Å². The fourth-order valence-corrected chi connectivity index (χ4v) is 2.05.